The average Bonchev–Trinajstić information content (AvgIpc) is 3.16. The summed E-state index contributed by atoms with van der Waals surface area (Å²) < 4.78 is 49.9. The molecule has 0 saturated carbocycles. The number of nitrogens with one attached hydrogen (secondary N) is 1. The van der Waals surface area contributed by atoms with E-state index in [1.165, 1.54) is 6.92 Å². The summed E-state index contributed by atoms with van der Waals surface area (Å²) in [6.45, 7) is 1.18. The van der Waals surface area contributed by atoms with Crippen molar-refractivity contribution in [2.24, 2.45) is 0 Å². The van der Waals surface area contributed by atoms with E-state index >= 15 is 0 Å². The van der Waals surface area contributed by atoms with Crippen LogP contribution in [0, 0.1) is 5.82 Å². The summed E-state index contributed by atoms with van der Waals surface area (Å²) in [5, 5.41) is 3.83. The number of carbonyl (C=O) groups excluding carboxylic acids is 1. The number of sulfonamides is 1. The fourth-order valence-electron chi connectivity index (χ4n) is 2.35. The van der Waals surface area contributed by atoms with E-state index in [2.05, 4.69) is 9.88 Å². The third-order valence-electron chi connectivity index (χ3n) is 3.79. The maximum atomic E-state index is 12.9. The summed E-state index contributed by atoms with van der Waals surface area (Å²) in [5.41, 5.74) is 1.22. The van der Waals surface area contributed by atoms with Gasteiger partial charge in [-0.2, -0.15) is 4.72 Å². The van der Waals surface area contributed by atoms with Crippen molar-refractivity contribution in [2.75, 3.05) is 0 Å². The molecule has 0 amide bonds. The minimum atomic E-state index is -3.99. The van der Waals surface area contributed by atoms with E-state index in [0.717, 1.165) is 29.8 Å². The number of carbonyl (C=O) groups is 1. The van der Waals surface area contributed by atoms with E-state index in [4.69, 9.17) is 9.26 Å². The molecule has 0 radical (unpaired) electrons. The molecule has 0 aliphatic heterocycles. The molecule has 2 aromatic carbocycles. The largest absolute Gasteiger partial charge is 0.458 e. The number of halogens is 1. The summed E-state index contributed by atoms with van der Waals surface area (Å²) in [6.07, 6.45) is 0. The van der Waals surface area contributed by atoms with Crippen LogP contribution in [-0.4, -0.2) is 25.6 Å². The highest BCUT2D eigenvalue weighted by atomic mass is 32.2. The Morgan fingerprint density at radius 2 is 1.86 bits per heavy atom. The number of hydrogen-bond acceptors (Lipinski definition) is 6. The lowest BCUT2D eigenvalue weighted by Gasteiger charge is -2.13. The van der Waals surface area contributed by atoms with Gasteiger partial charge in [0.1, 0.15) is 24.2 Å². The van der Waals surface area contributed by atoms with Crippen molar-refractivity contribution in [3.05, 3.63) is 72.2 Å². The van der Waals surface area contributed by atoms with E-state index in [-0.39, 0.29) is 11.5 Å². The SMILES string of the molecule is C[C@H](NS(=O)(=O)c1ccc(F)cc1)C(=O)OCc1cc(-c2ccccc2)on1. The molecule has 0 aliphatic rings. The first-order valence-corrected chi connectivity index (χ1v) is 9.79. The van der Waals surface area contributed by atoms with Crippen LogP contribution in [0.15, 0.2) is 70.1 Å². The zero-order valence-electron chi connectivity index (χ0n) is 14.8. The molecule has 146 valence electrons. The van der Waals surface area contributed by atoms with Crippen molar-refractivity contribution in [2.45, 2.75) is 24.5 Å². The number of esters is 1. The molecule has 3 aromatic rings. The smallest absolute Gasteiger partial charge is 0.324 e. The van der Waals surface area contributed by atoms with Crippen molar-refractivity contribution in [3.63, 3.8) is 0 Å². The first-order chi connectivity index (χ1) is 13.3. The van der Waals surface area contributed by atoms with Gasteiger partial charge in [-0.25, -0.2) is 12.8 Å². The minimum Gasteiger partial charge on any atom is -0.458 e. The van der Waals surface area contributed by atoms with Crippen molar-refractivity contribution in [3.8, 4) is 11.3 Å². The second-order valence-corrected chi connectivity index (χ2v) is 7.67. The number of aromatic nitrogens is 1. The molecule has 1 atom stereocenters. The zero-order valence-corrected chi connectivity index (χ0v) is 15.6. The molecule has 1 aromatic heterocycles. The third kappa shape index (κ3) is 4.81. The van der Waals surface area contributed by atoms with Crippen molar-refractivity contribution in [1.29, 1.82) is 0 Å². The third-order valence-corrected chi connectivity index (χ3v) is 5.35. The molecular weight excluding hydrogens is 387 g/mol. The van der Waals surface area contributed by atoms with Gasteiger partial charge in [-0.15, -0.1) is 0 Å². The van der Waals surface area contributed by atoms with Gasteiger partial charge in [0, 0.05) is 11.6 Å². The van der Waals surface area contributed by atoms with Gasteiger partial charge < -0.3 is 9.26 Å². The monoisotopic (exact) mass is 404 g/mol. The molecule has 0 aliphatic carbocycles. The van der Waals surface area contributed by atoms with Crippen LogP contribution in [0.1, 0.15) is 12.6 Å². The van der Waals surface area contributed by atoms with E-state index < -0.39 is 27.9 Å². The Kier molecular flexibility index (Phi) is 5.86. The predicted molar refractivity (Wildman–Crippen MR) is 97.9 cm³/mol. The molecule has 28 heavy (non-hydrogen) atoms. The summed E-state index contributed by atoms with van der Waals surface area (Å²) in [5.74, 6) is -0.819. The van der Waals surface area contributed by atoms with Gasteiger partial charge in [0.25, 0.3) is 0 Å². The van der Waals surface area contributed by atoms with Gasteiger partial charge in [0.05, 0.1) is 4.90 Å². The second-order valence-electron chi connectivity index (χ2n) is 5.95. The predicted octanol–water partition coefficient (Wildman–Crippen LogP) is 2.89. The summed E-state index contributed by atoms with van der Waals surface area (Å²) in [7, 11) is -3.99. The van der Waals surface area contributed by atoms with E-state index in [9.17, 15) is 17.6 Å². The van der Waals surface area contributed by atoms with Gasteiger partial charge in [0.15, 0.2) is 5.76 Å². The van der Waals surface area contributed by atoms with Crippen LogP contribution >= 0.6 is 0 Å². The molecule has 0 spiro atoms. The topological polar surface area (TPSA) is 98.5 Å². The fraction of sp³-hybridized carbons (Fsp3) is 0.158. The maximum Gasteiger partial charge on any atom is 0.324 e. The van der Waals surface area contributed by atoms with Crippen molar-refractivity contribution in [1.82, 2.24) is 9.88 Å². The van der Waals surface area contributed by atoms with Crippen LogP contribution in [-0.2, 0) is 26.2 Å². The van der Waals surface area contributed by atoms with E-state index in [1.807, 2.05) is 30.3 Å². The van der Waals surface area contributed by atoms with Gasteiger partial charge in [-0.1, -0.05) is 35.5 Å². The lowest BCUT2D eigenvalue weighted by Crippen LogP contribution is -2.39. The molecule has 7 nitrogen and oxygen atoms in total. The second kappa shape index (κ2) is 8.32. The van der Waals surface area contributed by atoms with Gasteiger partial charge in [-0.3, -0.25) is 4.79 Å². The van der Waals surface area contributed by atoms with Crippen LogP contribution in [0.4, 0.5) is 4.39 Å². The Hall–Kier alpha value is -3.04. The molecule has 9 heteroatoms. The Morgan fingerprint density at radius 1 is 1.18 bits per heavy atom. The highest BCUT2D eigenvalue weighted by Gasteiger charge is 2.23. The molecule has 0 saturated heterocycles. The number of benzene rings is 2. The summed E-state index contributed by atoms with van der Waals surface area (Å²) >= 11 is 0. The summed E-state index contributed by atoms with van der Waals surface area (Å²) in [6, 6.07) is 14.0. The minimum absolute atomic E-state index is 0.155. The normalized spacial score (nSPS) is 12.5. The molecule has 0 bridgehead atoms. The molecule has 1 N–H and O–H groups in total. The maximum absolute atomic E-state index is 12.9. The number of nitrogens with zero attached hydrogens (tertiary/aromatic N) is 1. The first-order valence-electron chi connectivity index (χ1n) is 8.31. The van der Waals surface area contributed by atoms with Crippen molar-refractivity contribution >= 4 is 16.0 Å². The number of rotatable bonds is 7. The zero-order chi connectivity index (χ0) is 20.1. The van der Waals surface area contributed by atoms with Gasteiger partial charge in [0.2, 0.25) is 10.0 Å². The van der Waals surface area contributed by atoms with Crippen LogP contribution in [0.2, 0.25) is 0 Å². The molecule has 0 fully saturated rings. The summed E-state index contributed by atoms with van der Waals surface area (Å²) in [4.78, 5) is 11.9. The highest BCUT2D eigenvalue weighted by molar-refractivity contribution is 7.89. The lowest BCUT2D eigenvalue weighted by molar-refractivity contribution is -0.146. The Morgan fingerprint density at radius 3 is 2.54 bits per heavy atom. The fourth-order valence-corrected chi connectivity index (χ4v) is 3.54. The van der Waals surface area contributed by atoms with Crippen LogP contribution in [0.5, 0.6) is 0 Å². The van der Waals surface area contributed by atoms with E-state index in [0.29, 0.717) is 11.5 Å². The molecule has 3 rings (SSSR count). The molecule has 1 heterocycles. The molecular formula is C19H17FN2O5S. The average molecular weight is 404 g/mol. The quantitative estimate of drug-likeness (QED) is 0.608. The van der Waals surface area contributed by atoms with Crippen LogP contribution < -0.4 is 4.72 Å². The van der Waals surface area contributed by atoms with Crippen molar-refractivity contribution < 1.29 is 26.9 Å². The van der Waals surface area contributed by atoms with Gasteiger partial charge >= 0.3 is 5.97 Å². The molecule has 0 unspecified atom stereocenters. The number of hydrogen-bond donors (Lipinski definition) is 1. The number of ether oxygens (including phenoxy) is 1. The highest BCUT2D eigenvalue weighted by Crippen LogP contribution is 2.20. The van der Waals surface area contributed by atoms with Gasteiger partial charge in [-0.05, 0) is 31.2 Å². The Bertz CT molecular complexity index is 1050. The lowest BCUT2D eigenvalue weighted by atomic mass is 10.2. The standard InChI is InChI=1S/C19H17FN2O5S/c1-13(22-28(24,25)17-9-7-15(20)8-10-17)19(23)26-12-16-11-18(27-21-16)14-5-3-2-4-6-14/h2-11,13,22H,12H2,1H3/t13-/m0/s1. The first kappa shape index (κ1) is 19.7. The van der Waals surface area contributed by atoms with Crippen LogP contribution in [0.25, 0.3) is 11.3 Å². The Labute approximate surface area is 161 Å². The van der Waals surface area contributed by atoms with E-state index in [1.54, 1.807) is 6.07 Å². The van der Waals surface area contributed by atoms with Crippen LogP contribution in [0.3, 0.4) is 0 Å². The Balaban J connectivity index is 1.57.